The second-order valence-electron chi connectivity index (χ2n) is 7.10. The third-order valence-electron chi connectivity index (χ3n) is 4.70. The van der Waals surface area contributed by atoms with Crippen molar-refractivity contribution in [3.8, 4) is 17.0 Å². The molecule has 0 bridgehead atoms. The van der Waals surface area contributed by atoms with Crippen molar-refractivity contribution in [1.82, 2.24) is 5.16 Å². The van der Waals surface area contributed by atoms with Gasteiger partial charge in [-0.25, -0.2) is 0 Å². The Morgan fingerprint density at radius 2 is 1.71 bits per heavy atom. The van der Waals surface area contributed by atoms with E-state index in [2.05, 4.69) is 5.16 Å². The number of carboxylic acid groups (broad SMARTS) is 1. The number of ether oxygens (including phenoxy) is 1. The molecule has 0 saturated heterocycles. The average molecular weight is 433 g/mol. The zero-order valence-corrected chi connectivity index (χ0v) is 16.7. The standard InChI is InChI=1S/C23H22F3NO4/c24-23(25,26)18-9-7-17(8-10-18)21-15-20(31-27-21)3-1-2-14-30-19-11-4-16(5-12-19)6-13-22(28)29/h4-5,7-12,15H,1-3,6,13-14H2,(H,28,29). The number of alkyl halides is 3. The molecule has 0 aliphatic heterocycles. The minimum atomic E-state index is -4.36. The van der Waals surface area contributed by atoms with E-state index < -0.39 is 17.7 Å². The Kier molecular flexibility index (Phi) is 7.33. The van der Waals surface area contributed by atoms with Gasteiger partial charge in [-0.3, -0.25) is 4.79 Å². The molecule has 0 fully saturated rings. The van der Waals surface area contributed by atoms with Gasteiger partial charge in [0, 0.05) is 24.5 Å². The average Bonchev–Trinajstić information content (AvgIpc) is 3.21. The van der Waals surface area contributed by atoms with E-state index in [-0.39, 0.29) is 6.42 Å². The fourth-order valence-electron chi connectivity index (χ4n) is 2.99. The predicted molar refractivity (Wildman–Crippen MR) is 108 cm³/mol. The van der Waals surface area contributed by atoms with Crippen molar-refractivity contribution in [3.63, 3.8) is 0 Å². The topological polar surface area (TPSA) is 72.6 Å². The Balaban J connectivity index is 1.40. The summed E-state index contributed by atoms with van der Waals surface area (Å²) in [6.45, 7) is 0.522. The van der Waals surface area contributed by atoms with Gasteiger partial charge in [-0.05, 0) is 49.1 Å². The lowest BCUT2D eigenvalue weighted by Gasteiger charge is -2.06. The van der Waals surface area contributed by atoms with Gasteiger partial charge in [-0.1, -0.05) is 29.4 Å². The van der Waals surface area contributed by atoms with Crippen LogP contribution in [-0.2, 0) is 23.8 Å². The maximum Gasteiger partial charge on any atom is 0.416 e. The highest BCUT2D eigenvalue weighted by Crippen LogP contribution is 2.31. The van der Waals surface area contributed by atoms with E-state index in [9.17, 15) is 18.0 Å². The highest BCUT2D eigenvalue weighted by molar-refractivity contribution is 5.67. The van der Waals surface area contributed by atoms with Crippen molar-refractivity contribution in [1.29, 1.82) is 0 Å². The van der Waals surface area contributed by atoms with Gasteiger partial charge >= 0.3 is 12.1 Å². The van der Waals surface area contributed by atoms with E-state index in [1.54, 1.807) is 6.07 Å². The summed E-state index contributed by atoms with van der Waals surface area (Å²) >= 11 is 0. The Morgan fingerprint density at radius 3 is 2.35 bits per heavy atom. The molecule has 0 unspecified atom stereocenters. The number of halogens is 3. The maximum atomic E-state index is 12.6. The molecule has 0 atom stereocenters. The van der Waals surface area contributed by atoms with Crippen molar-refractivity contribution >= 4 is 5.97 Å². The lowest BCUT2D eigenvalue weighted by molar-refractivity contribution is -0.138. The van der Waals surface area contributed by atoms with Gasteiger partial charge in [0.2, 0.25) is 0 Å². The molecule has 0 saturated carbocycles. The number of benzene rings is 2. The SMILES string of the molecule is O=C(O)CCc1ccc(OCCCCc2cc(-c3ccc(C(F)(F)F)cc3)no2)cc1. The van der Waals surface area contributed by atoms with Gasteiger partial charge in [0.05, 0.1) is 12.2 Å². The number of carboxylic acids is 1. The molecule has 31 heavy (non-hydrogen) atoms. The molecular formula is C23H22F3NO4. The number of hydrogen-bond acceptors (Lipinski definition) is 4. The van der Waals surface area contributed by atoms with E-state index in [0.717, 1.165) is 36.3 Å². The molecule has 5 nitrogen and oxygen atoms in total. The molecule has 0 amide bonds. The Hall–Kier alpha value is -3.29. The lowest BCUT2D eigenvalue weighted by atomic mass is 10.1. The molecule has 0 radical (unpaired) electrons. The summed E-state index contributed by atoms with van der Waals surface area (Å²) in [5.41, 5.74) is 1.32. The van der Waals surface area contributed by atoms with Crippen LogP contribution in [0.4, 0.5) is 13.2 Å². The Bertz CT molecular complexity index is 979. The van der Waals surface area contributed by atoms with Crippen molar-refractivity contribution in [3.05, 3.63) is 71.5 Å². The smallest absolute Gasteiger partial charge is 0.416 e. The van der Waals surface area contributed by atoms with Gasteiger partial charge in [-0.15, -0.1) is 0 Å². The van der Waals surface area contributed by atoms with Crippen LogP contribution in [0.15, 0.2) is 59.1 Å². The summed E-state index contributed by atoms with van der Waals surface area (Å²) in [5, 5.41) is 12.6. The summed E-state index contributed by atoms with van der Waals surface area (Å²) in [7, 11) is 0. The minimum Gasteiger partial charge on any atom is -0.494 e. The van der Waals surface area contributed by atoms with Gasteiger partial charge < -0.3 is 14.4 Å². The molecule has 3 aromatic rings. The normalized spacial score (nSPS) is 11.5. The van der Waals surface area contributed by atoms with Crippen LogP contribution in [0.5, 0.6) is 5.75 Å². The van der Waals surface area contributed by atoms with Crippen LogP contribution >= 0.6 is 0 Å². The predicted octanol–water partition coefficient (Wildman–Crippen LogP) is 5.78. The zero-order chi connectivity index (χ0) is 22.3. The van der Waals surface area contributed by atoms with Gasteiger partial charge in [-0.2, -0.15) is 13.2 Å². The number of aromatic nitrogens is 1. The fourth-order valence-corrected chi connectivity index (χ4v) is 2.99. The van der Waals surface area contributed by atoms with E-state index >= 15 is 0 Å². The Morgan fingerprint density at radius 1 is 1.00 bits per heavy atom. The molecule has 1 N–H and O–H groups in total. The molecule has 3 rings (SSSR count). The van der Waals surface area contributed by atoms with Crippen LogP contribution in [0, 0.1) is 0 Å². The quantitative estimate of drug-likeness (QED) is 0.411. The van der Waals surface area contributed by atoms with Crippen molar-refractivity contribution in [2.24, 2.45) is 0 Å². The summed E-state index contributed by atoms with van der Waals surface area (Å²) in [4.78, 5) is 10.6. The van der Waals surface area contributed by atoms with Gasteiger partial charge in [0.1, 0.15) is 17.2 Å². The summed E-state index contributed by atoms with van der Waals surface area (Å²) < 4.78 is 48.9. The van der Waals surface area contributed by atoms with E-state index in [0.29, 0.717) is 36.5 Å². The number of hydrogen-bond donors (Lipinski definition) is 1. The van der Waals surface area contributed by atoms with Gasteiger partial charge in [0.15, 0.2) is 0 Å². The van der Waals surface area contributed by atoms with Crippen molar-refractivity contribution < 1.29 is 32.3 Å². The number of aliphatic carboxylic acids is 1. The second-order valence-corrected chi connectivity index (χ2v) is 7.10. The largest absolute Gasteiger partial charge is 0.494 e. The molecule has 2 aromatic carbocycles. The van der Waals surface area contributed by atoms with Crippen LogP contribution < -0.4 is 4.74 Å². The van der Waals surface area contributed by atoms with Crippen LogP contribution in [0.2, 0.25) is 0 Å². The van der Waals surface area contributed by atoms with Crippen LogP contribution in [-0.4, -0.2) is 22.8 Å². The van der Waals surface area contributed by atoms with Crippen LogP contribution in [0.25, 0.3) is 11.3 Å². The summed E-state index contributed by atoms with van der Waals surface area (Å²) in [5.74, 6) is 0.569. The minimum absolute atomic E-state index is 0.0996. The first-order chi connectivity index (χ1) is 14.8. The fraction of sp³-hybridized carbons (Fsp3) is 0.304. The number of nitrogens with zero attached hydrogens (tertiary/aromatic N) is 1. The second kappa shape index (κ2) is 10.1. The van der Waals surface area contributed by atoms with Crippen molar-refractivity contribution in [2.75, 3.05) is 6.61 Å². The van der Waals surface area contributed by atoms with E-state index in [1.165, 1.54) is 12.1 Å². The van der Waals surface area contributed by atoms with E-state index in [1.807, 2.05) is 24.3 Å². The first-order valence-electron chi connectivity index (χ1n) is 9.88. The Labute approximate surface area is 177 Å². The lowest BCUT2D eigenvalue weighted by Crippen LogP contribution is -2.03. The third kappa shape index (κ3) is 6.87. The number of unbranched alkanes of at least 4 members (excludes halogenated alkanes) is 1. The first-order valence-corrected chi connectivity index (χ1v) is 9.88. The number of carbonyl (C=O) groups is 1. The monoisotopic (exact) mass is 433 g/mol. The summed E-state index contributed by atoms with van der Waals surface area (Å²) in [6, 6.07) is 13.9. The van der Waals surface area contributed by atoms with Crippen LogP contribution in [0.3, 0.4) is 0 Å². The molecule has 0 aliphatic rings. The molecule has 164 valence electrons. The third-order valence-corrected chi connectivity index (χ3v) is 4.70. The van der Waals surface area contributed by atoms with Crippen molar-refractivity contribution in [2.45, 2.75) is 38.3 Å². The highest BCUT2D eigenvalue weighted by Gasteiger charge is 2.30. The zero-order valence-electron chi connectivity index (χ0n) is 16.7. The molecular weight excluding hydrogens is 411 g/mol. The first kappa shape index (κ1) is 22.4. The highest BCUT2D eigenvalue weighted by atomic mass is 19.4. The molecule has 0 spiro atoms. The molecule has 1 aromatic heterocycles. The maximum absolute atomic E-state index is 12.6. The molecule has 0 aliphatic carbocycles. The van der Waals surface area contributed by atoms with Gasteiger partial charge in [0.25, 0.3) is 0 Å². The molecule has 1 heterocycles. The molecule has 8 heteroatoms. The number of aryl methyl sites for hydroxylation is 2. The van der Waals surface area contributed by atoms with E-state index in [4.69, 9.17) is 14.4 Å². The summed E-state index contributed by atoms with van der Waals surface area (Å²) in [6.07, 6.45) is -1.54. The number of rotatable bonds is 10. The van der Waals surface area contributed by atoms with Crippen LogP contribution in [0.1, 0.15) is 36.1 Å².